The van der Waals surface area contributed by atoms with E-state index in [1.807, 2.05) is 0 Å². The molecule has 1 aromatic heterocycles. The minimum atomic E-state index is -0.367. The Bertz CT molecular complexity index is 628. The molecule has 0 aliphatic heterocycles. The van der Waals surface area contributed by atoms with Crippen LogP contribution in [0, 0.1) is 5.82 Å². The number of para-hydroxylation sites is 1. The molecule has 0 bridgehead atoms. The lowest BCUT2D eigenvalue weighted by Gasteiger charge is -2.11. The minimum Gasteiger partial charge on any atom is -0.409 e. The number of aromatic nitrogens is 1. The number of oxime groups is 1. The minimum absolute atomic E-state index is 0.0880. The van der Waals surface area contributed by atoms with E-state index >= 15 is 0 Å². The standard InChI is InChI=1S/C13H12BrFN4O/c14-9-4-1-5-10(15)12(9)18-7-8-3-2-6-17-11(8)13(16)19-20/h1-6,18,20H,7H2,(H2,16,19). The Labute approximate surface area is 123 Å². The normalized spacial score (nSPS) is 11.4. The van der Waals surface area contributed by atoms with Crippen LogP contribution in [-0.4, -0.2) is 16.0 Å². The van der Waals surface area contributed by atoms with E-state index in [1.165, 1.54) is 12.3 Å². The Balaban J connectivity index is 2.24. The molecular weight excluding hydrogens is 327 g/mol. The van der Waals surface area contributed by atoms with Crippen LogP contribution in [-0.2, 0) is 6.54 Å². The van der Waals surface area contributed by atoms with Crippen LogP contribution in [0.25, 0.3) is 0 Å². The van der Waals surface area contributed by atoms with Gasteiger partial charge in [-0.15, -0.1) is 0 Å². The summed E-state index contributed by atoms with van der Waals surface area (Å²) in [6.07, 6.45) is 1.54. The first-order chi connectivity index (χ1) is 9.63. The summed E-state index contributed by atoms with van der Waals surface area (Å²) < 4.78 is 14.3. The third-order valence-electron chi connectivity index (χ3n) is 2.66. The highest BCUT2D eigenvalue weighted by atomic mass is 79.9. The molecule has 0 atom stereocenters. The summed E-state index contributed by atoms with van der Waals surface area (Å²) in [6, 6.07) is 8.19. The van der Waals surface area contributed by atoms with Gasteiger partial charge in [-0.3, -0.25) is 4.98 Å². The van der Waals surface area contributed by atoms with Gasteiger partial charge in [-0.2, -0.15) is 0 Å². The van der Waals surface area contributed by atoms with Crippen LogP contribution in [0.3, 0.4) is 0 Å². The zero-order valence-corrected chi connectivity index (χ0v) is 11.9. The van der Waals surface area contributed by atoms with Crippen molar-refractivity contribution in [1.82, 2.24) is 4.98 Å². The molecule has 2 aromatic rings. The first kappa shape index (κ1) is 14.3. The van der Waals surface area contributed by atoms with E-state index in [0.29, 0.717) is 28.0 Å². The number of nitrogens with zero attached hydrogens (tertiary/aromatic N) is 2. The zero-order chi connectivity index (χ0) is 14.5. The van der Waals surface area contributed by atoms with Gasteiger partial charge in [-0.1, -0.05) is 17.3 Å². The molecule has 20 heavy (non-hydrogen) atoms. The molecule has 0 saturated carbocycles. The van der Waals surface area contributed by atoms with Gasteiger partial charge in [-0.05, 0) is 34.1 Å². The van der Waals surface area contributed by atoms with Gasteiger partial charge in [0.25, 0.3) is 0 Å². The molecule has 104 valence electrons. The van der Waals surface area contributed by atoms with Crippen molar-refractivity contribution in [2.75, 3.05) is 5.32 Å². The summed E-state index contributed by atoms with van der Waals surface area (Å²) in [6.45, 7) is 0.291. The predicted molar refractivity (Wildman–Crippen MR) is 78.2 cm³/mol. The summed E-state index contributed by atoms with van der Waals surface area (Å²) >= 11 is 3.28. The second-order valence-electron chi connectivity index (χ2n) is 3.95. The molecule has 5 nitrogen and oxygen atoms in total. The molecule has 0 aliphatic carbocycles. The highest BCUT2D eigenvalue weighted by Crippen LogP contribution is 2.25. The highest BCUT2D eigenvalue weighted by molar-refractivity contribution is 9.10. The number of amidine groups is 1. The van der Waals surface area contributed by atoms with E-state index in [1.54, 1.807) is 24.3 Å². The topological polar surface area (TPSA) is 83.5 Å². The molecule has 0 saturated heterocycles. The van der Waals surface area contributed by atoms with Gasteiger partial charge in [0.1, 0.15) is 11.5 Å². The molecule has 1 aromatic carbocycles. The van der Waals surface area contributed by atoms with Crippen LogP contribution in [0.4, 0.5) is 10.1 Å². The summed E-state index contributed by atoms with van der Waals surface area (Å²) in [7, 11) is 0. The lowest BCUT2D eigenvalue weighted by Crippen LogP contribution is -2.18. The number of halogens is 2. The molecule has 0 aliphatic rings. The molecular formula is C13H12BrFN4O. The fourth-order valence-electron chi connectivity index (χ4n) is 1.71. The van der Waals surface area contributed by atoms with E-state index in [4.69, 9.17) is 10.9 Å². The van der Waals surface area contributed by atoms with Crippen molar-refractivity contribution >= 4 is 27.5 Å². The summed E-state index contributed by atoms with van der Waals surface area (Å²) in [5.74, 6) is -0.455. The SMILES string of the molecule is N/C(=N/O)c1ncccc1CNc1c(F)cccc1Br. The lowest BCUT2D eigenvalue weighted by atomic mass is 10.1. The number of anilines is 1. The fraction of sp³-hybridized carbons (Fsp3) is 0.0769. The molecule has 0 radical (unpaired) electrons. The van der Waals surface area contributed by atoms with E-state index in [0.717, 1.165) is 0 Å². The average molecular weight is 339 g/mol. The first-order valence-corrected chi connectivity index (χ1v) is 6.52. The van der Waals surface area contributed by atoms with Crippen molar-refractivity contribution in [3.8, 4) is 0 Å². The quantitative estimate of drug-likeness (QED) is 0.346. The van der Waals surface area contributed by atoms with Gasteiger partial charge < -0.3 is 16.3 Å². The summed E-state index contributed by atoms with van der Waals surface area (Å²) in [4.78, 5) is 4.05. The molecule has 0 spiro atoms. The van der Waals surface area contributed by atoms with Crippen molar-refractivity contribution in [2.24, 2.45) is 10.9 Å². The lowest BCUT2D eigenvalue weighted by molar-refractivity contribution is 0.318. The maximum atomic E-state index is 13.7. The zero-order valence-electron chi connectivity index (χ0n) is 10.3. The number of nitrogens with one attached hydrogen (secondary N) is 1. The van der Waals surface area contributed by atoms with Gasteiger partial charge in [-0.25, -0.2) is 4.39 Å². The van der Waals surface area contributed by atoms with Gasteiger partial charge in [0.15, 0.2) is 5.84 Å². The monoisotopic (exact) mass is 338 g/mol. The van der Waals surface area contributed by atoms with Crippen LogP contribution in [0.1, 0.15) is 11.3 Å². The molecule has 1 heterocycles. The third kappa shape index (κ3) is 3.05. The number of rotatable bonds is 4. The largest absolute Gasteiger partial charge is 0.409 e. The Hall–Kier alpha value is -2.15. The van der Waals surface area contributed by atoms with Crippen molar-refractivity contribution in [3.05, 3.63) is 58.1 Å². The fourth-order valence-corrected chi connectivity index (χ4v) is 2.19. The Morgan fingerprint density at radius 1 is 1.40 bits per heavy atom. The van der Waals surface area contributed by atoms with E-state index < -0.39 is 0 Å². The number of hydrogen-bond acceptors (Lipinski definition) is 4. The van der Waals surface area contributed by atoms with Crippen LogP contribution in [0.2, 0.25) is 0 Å². The van der Waals surface area contributed by atoms with Crippen molar-refractivity contribution in [1.29, 1.82) is 0 Å². The average Bonchev–Trinajstić information content (AvgIpc) is 2.46. The smallest absolute Gasteiger partial charge is 0.189 e. The maximum Gasteiger partial charge on any atom is 0.189 e. The van der Waals surface area contributed by atoms with Crippen molar-refractivity contribution in [2.45, 2.75) is 6.54 Å². The number of nitrogens with two attached hydrogens (primary N) is 1. The van der Waals surface area contributed by atoms with Crippen molar-refractivity contribution < 1.29 is 9.60 Å². The van der Waals surface area contributed by atoms with Crippen LogP contribution in [0.5, 0.6) is 0 Å². The van der Waals surface area contributed by atoms with Gasteiger partial charge in [0, 0.05) is 22.8 Å². The molecule has 2 rings (SSSR count). The van der Waals surface area contributed by atoms with Gasteiger partial charge in [0.2, 0.25) is 0 Å². The summed E-state index contributed by atoms with van der Waals surface area (Å²) in [5, 5.41) is 14.6. The first-order valence-electron chi connectivity index (χ1n) is 5.73. The number of hydrogen-bond donors (Lipinski definition) is 3. The van der Waals surface area contributed by atoms with Crippen LogP contribution in [0.15, 0.2) is 46.2 Å². The number of pyridine rings is 1. The molecule has 0 unspecified atom stereocenters. The highest BCUT2D eigenvalue weighted by Gasteiger charge is 2.10. The van der Waals surface area contributed by atoms with E-state index in [2.05, 4.69) is 31.4 Å². The third-order valence-corrected chi connectivity index (χ3v) is 3.32. The Morgan fingerprint density at radius 2 is 2.20 bits per heavy atom. The maximum absolute atomic E-state index is 13.7. The van der Waals surface area contributed by atoms with Crippen LogP contribution >= 0.6 is 15.9 Å². The van der Waals surface area contributed by atoms with E-state index in [9.17, 15) is 4.39 Å². The Morgan fingerprint density at radius 3 is 2.90 bits per heavy atom. The molecule has 0 amide bonds. The second-order valence-corrected chi connectivity index (χ2v) is 4.80. The van der Waals surface area contributed by atoms with Gasteiger partial charge >= 0.3 is 0 Å². The van der Waals surface area contributed by atoms with Crippen molar-refractivity contribution in [3.63, 3.8) is 0 Å². The van der Waals surface area contributed by atoms with E-state index in [-0.39, 0.29) is 11.7 Å². The predicted octanol–water partition coefficient (Wildman–Crippen LogP) is 2.69. The molecule has 4 N–H and O–H groups in total. The summed E-state index contributed by atoms with van der Waals surface area (Å²) in [5.41, 5.74) is 6.95. The molecule has 7 heteroatoms. The molecule has 0 fully saturated rings. The van der Waals surface area contributed by atoms with Crippen LogP contribution < -0.4 is 11.1 Å². The number of benzene rings is 1. The van der Waals surface area contributed by atoms with Gasteiger partial charge in [0.05, 0.1) is 5.69 Å². The second kappa shape index (κ2) is 6.33. The Kier molecular flexibility index (Phi) is 4.52.